The number of hydrogen-bond donors (Lipinski definition) is 3. The standard InChI is InChI=1S/C14H21ClN2O2/c1-10(6-5-9-18)16-14(19)17-11(2)12-7-3-4-8-13(12)15/h3-4,7-8,10-11,18H,5-6,9H2,1-2H3,(H2,16,17,19). The Kier molecular flexibility index (Phi) is 6.67. The van der Waals surface area contributed by atoms with Crippen LogP contribution in [0.4, 0.5) is 4.79 Å². The molecule has 106 valence electrons. The van der Waals surface area contributed by atoms with Crippen LogP contribution < -0.4 is 10.6 Å². The van der Waals surface area contributed by atoms with Crippen LogP contribution in [0.5, 0.6) is 0 Å². The number of urea groups is 1. The van der Waals surface area contributed by atoms with Gasteiger partial charge in [0, 0.05) is 17.7 Å². The maximum Gasteiger partial charge on any atom is 0.315 e. The molecule has 19 heavy (non-hydrogen) atoms. The zero-order chi connectivity index (χ0) is 14.3. The molecular weight excluding hydrogens is 264 g/mol. The van der Waals surface area contributed by atoms with Crippen LogP contribution in [0.25, 0.3) is 0 Å². The Morgan fingerprint density at radius 3 is 2.63 bits per heavy atom. The molecular formula is C14H21ClN2O2. The first-order chi connectivity index (χ1) is 9.04. The predicted octanol–water partition coefficient (Wildman–Crippen LogP) is 2.86. The number of hydrogen-bond acceptors (Lipinski definition) is 2. The predicted molar refractivity (Wildman–Crippen MR) is 77.3 cm³/mol. The topological polar surface area (TPSA) is 61.4 Å². The molecule has 0 bridgehead atoms. The zero-order valence-corrected chi connectivity index (χ0v) is 12.1. The molecule has 0 saturated carbocycles. The molecule has 1 aromatic carbocycles. The number of aliphatic hydroxyl groups excluding tert-OH is 1. The minimum Gasteiger partial charge on any atom is -0.396 e. The molecule has 5 heteroatoms. The Morgan fingerprint density at radius 1 is 1.32 bits per heavy atom. The van der Waals surface area contributed by atoms with E-state index < -0.39 is 0 Å². The summed E-state index contributed by atoms with van der Waals surface area (Å²) in [5.74, 6) is 0. The van der Waals surface area contributed by atoms with Crippen LogP contribution in [0.3, 0.4) is 0 Å². The molecule has 2 atom stereocenters. The minimum atomic E-state index is -0.224. The highest BCUT2D eigenvalue weighted by Crippen LogP contribution is 2.21. The van der Waals surface area contributed by atoms with E-state index in [-0.39, 0.29) is 24.7 Å². The first kappa shape index (κ1) is 15.8. The lowest BCUT2D eigenvalue weighted by molar-refractivity contribution is 0.231. The molecule has 0 aliphatic rings. The Balaban J connectivity index is 2.46. The second kappa shape index (κ2) is 8.02. The lowest BCUT2D eigenvalue weighted by atomic mass is 10.1. The maximum absolute atomic E-state index is 11.8. The van der Waals surface area contributed by atoms with Crippen molar-refractivity contribution in [2.75, 3.05) is 6.61 Å². The molecule has 1 aromatic rings. The van der Waals surface area contributed by atoms with Gasteiger partial charge in [-0.25, -0.2) is 4.79 Å². The summed E-state index contributed by atoms with van der Waals surface area (Å²) >= 11 is 6.08. The van der Waals surface area contributed by atoms with Crippen molar-refractivity contribution in [3.8, 4) is 0 Å². The van der Waals surface area contributed by atoms with Crippen molar-refractivity contribution < 1.29 is 9.90 Å². The number of amides is 2. The van der Waals surface area contributed by atoms with Gasteiger partial charge in [-0.3, -0.25) is 0 Å². The van der Waals surface area contributed by atoms with Gasteiger partial charge in [-0.1, -0.05) is 29.8 Å². The van der Waals surface area contributed by atoms with Crippen LogP contribution in [-0.2, 0) is 0 Å². The normalized spacial score (nSPS) is 13.7. The summed E-state index contributed by atoms with van der Waals surface area (Å²) in [5.41, 5.74) is 0.891. The van der Waals surface area contributed by atoms with Gasteiger partial charge in [0.25, 0.3) is 0 Å². The van der Waals surface area contributed by atoms with E-state index in [1.165, 1.54) is 0 Å². The van der Waals surface area contributed by atoms with E-state index in [1.807, 2.05) is 32.0 Å². The summed E-state index contributed by atoms with van der Waals surface area (Å²) in [5, 5.41) is 15.1. The third kappa shape index (κ3) is 5.49. The fourth-order valence-electron chi connectivity index (χ4n) is 1.84. The molecule has 0 heterocycles. The lowest BCUT2D eigenvalue weighted by Crippen LogP contribution is -2.41. The first-order valence-corrected chi connectivity index (χ1v) is 6.84. The van der Waals surface area contributed by atoms with Gasteiger partial charge in [0.05, 0.1) is 6.04 Å². The Morgan fingerprint density at radius 2 is 2.00 bits per heavy atom. The summed E-state index contributed by atoms with van der Waals surface area (Å²) in [6.07, 6.45) is 1.44. The fourth-order valence-corrected chi connectivity index (χ4v) is 2.14. The smallest absolute Gasteiger partial charge is 0.315 e. The third-order valence-electron chi connectivity index (χ3n) is 2.89. The van der Waals surface area contributed by atoms with Gasteiger partial charge in [-0.15, -0.1) is 0 Å². The van der Waals surface area contributed by atoms with Crippen molar-refractivity contribution in [1.82, 2.24) is 10.6 Å². The van der Waals surface area contributed by atoms with Gasteiger partial charge in [0.2, 0.25) is 0 Å². The summed E-state index contributed by atoms with van der Waals surface area (Å²) in [7, 11) is 0. The van der Waals surface area contributed by atoms with Crippen LogP contribution in [0.1, 0.15) is 38.3 Å². The Hall–Kier alpha value is -1.26. The molecule has 0 spiro atoms. The van der Waals surface area contributed by atoms with E-state index in [0.29, 0.717) is 11.4 Å². The van der Waals surface area contributed by atoms with Crippen LogP contribution in [0.2, 0.25) is 5.02 Å². The van der Waals surface area contributed by atoms with E-state index in [2.05, 4.69) is 10.6 Å². The number of halogens is 1. The van der Waals surface area contributed by atoms with Crippen molar-refractivity contribution in [1.29, 1.82) is 0 Å². The quantitative estimate of drug-likeness (QED) is 0.752. The molecule has 1 rings (SSSR count). The van der Waals surface area contributed by atoms with Gasteiger partial charge >= 0.3 is 6.03 Å². The van der Waals surface area contributed by atoms with Crippen LogP contribution >= 0.6 is 11.6 Å². The number of carbonyl (C=O) groups excluding carboxylic acids is 1. The number of benzene rings is 1. The molecule has 0 aromatic heterocycles. The number of aliphatic hydroxyl groups is 1. The summed E-state index contributed by atoms with van der Waals surface area (Å²) in [4.78, 5) is 11.8. The van der Waals surface area contributed by atoms with Crippen molar-refractivity contribution in [3.63, 3.8) is 0 Å². The number of nitrogens with one attached hydrogen (secondary N) is 2. The minimum absolute atomic E-state index is 0.0330. The Bertz CT molecular complexity index is 412. The summed E-state index contributed by atoms with van der Waals surface area (Å²) in [6.45, 7) is 3.94. The molecule has 0 aliphatic heterocycles. The average molecular weight is 285 g/mol. The van der Waals surface area contributed by atoms with E-state index in [4.69, 9.17) is 16.7 Å². The second-order valence-corrected chi connectivity index (χ2v) is 5.04. The highest BCUT2D eigenvalue weighted by Gasteiger charge is 2.13. The van der Waals surface area contributed by atoms with E-state index in [9.17, 15) is 4.79 Å². The van der Waals surface area contributed by atoms with Gasteiger partial charge < -0.3 is 15.7 Å². The number of rotatable bonds is 6. The highest BCUT2D eigenvalue weighted by molar-refractivity contribution is 6.31. The van der Waals surface area contributed by atoms with E-state index >= 15 is 0 Å². The summed E-state index contributed by atoms with van der Waals surface area (Å²) < 4.78 is 0. The van der Waals surface area contributed by atoms with Gasteiger partial charge in [-0.05, 0) is 38.3 Å². The average Bonchev–Trinajstić information content (AvgIpc) is 2.36. The van der Waals surface area contributed by atoms with Gasteiger partial charge in [-0.2, -0.15) is 0 Å². The molecule has 0 fully saturated rings. The van der Waals surface area contributed by atoms with Crippen molar-refractivity contribution in [2.24, 2.45) is 0 Å². The molecule has 2 amide bonds. The molecule has 0 radical (unpaired) electrons. The molecule has 0 saturated heterocycles. The largest absolute Gasteiger partial charge is 0.396 e. The summed E-state index contributed by atoms with van der Waals surface area (Å²) in [6, 6.07) is 7.10. The fraction of sp³-hybridized carbons (Fsp3) is 0.500. The molecule has 3 N–H and O–H groups in total. The third-order valence-corrected chi connectivity index (χ3v) is 3.24. The van der Waals surface area contributed by atoms with E-state index in [1.54, 1.807) is 6.07 Å². The monoisotopic (exact) mass is 284 g/mol. The SMILES string of the molecule is CC(CCCO)NC(=O)NC(C)c1ccccc1Cl. The maximum atomic E-state index is 11.8. The van der Waals surface area contributed by atoms with Crippen LogP contribution in [-0.4, -0.2) is 23.8 Å². The van der Waals surface area contributed by atoms with Crippen molar-refractivity contribution >= 4 is 17.6 Å². The number of carbonyl (C=O) groups is 1. The highest BCUT2D eigenvalue weighted by atomic mass is 35.5. The van der Waals surface area contributed by atoms with Crippen LogP contribution in [0, 0.1) is 0 Å². The molecule has 2 unspecified atom stereocenters. The lowest BCUT2D eigenvalue weighted by Gasteiger charge is -2.19. The van der Waals surface area contributed by atoms with E-state index in [0.717, 1.165) is 12.0 Å². The Labute approximate surface area is 119 Å². The van der Waals surface area contributed by atoms with Crippen LogP contribution in [0.15, 0.2) is 24.3 Å². The zero-order valence-electron chi connectivity index (χ0n) is 11.3. The first-order valence-electron chi connectivity index (χ1n) is 6.47. The van der Waals surface area contributed by atoms with Crippen molar-refractivity contribution in [3.05, 3.63) is 34.9 Å². The molecule has 4 nitrogen and oxygen atoms in total. The second-order valence-electron chi connectivity index (χ2n) is 4.63. The molecule has 0 aliphatic carbocycles. The van der Waals surface area contributed by atoms with Crippen molar-refractivity contribution in [2.45, 2.75) is 38.8 Å². The van der Waals surface area contributed by atoms with Gasteiger partial charge in [0.1, 0.15) is 0 Å². The van der Waals surface area contributed by atoms with Gasteiger partial charge in [0.15, 0.2) is 0 Å².